The predicted molar refractivity (Wildman–Crippen MR) is 80.1 cm³/mol. The van der Waals surface area contributed by atoms with Gasteiger partial charge in [-0.1, -0.05) is 6.92 Å². The highest BCUT2D eigenvalue weighted by molar-refractivity contribution is 5.92. The van der Waals surface area contributed by atoms with Crippen molar-refractivity contribution in [3.05, 3.63) is 23.8 Å². The van der Waals surface area contributed by atoms with E-state index in [2.05, 4.69) is 9.97 Å². The lowest BCUT2D eigenvalue weighted by Crippen LogP contribution is -2.52. The monoisotopic (exact) mass is 306 g/mol. The Morgan fingerprint density at radius 2 is 2.09 bits per heavy atom. The first-order valence-corrected chi connectivity index (χ1v) is 7.42. The maximum Gasteiger partial charge on any atom is 0.292 e. The van der Waals surface area contributed by atoms with Gasteiger partial charge in [0.25, 0.3) is 5.91 Å². The van der Waals surface area contributed by atoms with E-state index < -0.39 is 11.4 Å². The van der Waals surface area contributed by atoms with Gasteiger partial charge in [-0.05, 0) is 24.8 Å². The smallest absolute Gasteiger partial charge is 0.292 e. The first-order valence-electron chi connectivity index (χ1n) is 7.42. The molecule has 1 aromatic heterocycles. The van der Waals surface area contributed by atoms with Crippen LogP contribution >= 0.6 is 0 Å². The molecule has 0 radical (unpaired) electrons. The van der Waals surface area contributed by atoms with Gasteiger partial charge in [-0.25, -0.2) is 9.97 Å². The summed E-state index contributed by atoms with van der Waals surface area (Å²) in [5, 5.41) is 0. The summed E-state index contributed by atoms with van der Waals surface area (Å²) < 4.78 is 5.24. The summed E-state index contributed by atoms with van der Waals surface area (Å²) in [6.07, 6.45) is 5.69. The van der Waals surface area contributed by atoms with Crippen molar-refractivity contribution in [2.45, 2.75) is 38.1 Å². The molecule has 0 bridgehead atoms. The topological polar surface area (TPSA) is 98.4 Å². The Morgan fingerprint density at radius 3 is 2.64 bits per heavy atom. The van der Waals surface area contributed by atoms with Crippen molar-refractivity contribution >= 4 is 11.8 Å². The van der Waals surface area contributed by atoms with E-state index >= 15 is 0 Å². The number of methoxy groups -OCH3 is 1. The van der Waals surface area contributed by atoms with Crippen LogP contribution in [0.25, 0.3) is 0 Å². The number of aromatic nitrogens is 2. The molecule has 1 fully saturated rings. The van der Waals surface area contributed by atoms with E-state index in [1.807, 2.05) is 6.92 Å². The lowest BCUT2D eigenvalue weighted by atomic mass is 9.92. The number of amides is 2. The van der Waals surface area contributed by atoms with Crippen molar-refractivity contribution in [1.29, 1.82) is 0 Å². The number of carbonyl (C=O) groups is 2. The van der Waals surface area contributed by atoms with Gasteiger partial charge in [-0.15, -0.1) is 0 Å². The van der Waals surface area contributed by atoms with Crippen LogP contribution in [-0.2, 0) is 16.0 Å². The molecule has 1 aliphatic rings. The number of ether oxygens (including phenoxy) is 1. The molecule has 1 saturated heterocycles. The number of nitrogens with two attached hydrogens (primary N) is 1. The van der Waals surface area contributed by atoms with Gasteiger partial charge in [0, 0.05) is 26.0 Å². The zero-order valence-corrected chi connectivity index (χ0v) is 13.0. The van der Waals surface area contributed by atoms with Gasteiger partial charge in [0.1, 0.15) is 0 Å². The van der Waals surface area contributed by atoms with E-state index in [-0.39, 0.29) is 24.8 Å². The van der Waals surface area contributed by atoms with Crippen molar-refractivity contribution in [1.82, 2.24) is 14.9 Å². The van der Waals surface area contributed by atoms with Gasteiger partial charge in [-0.2, -0.15) is 0 Å². The fourth-order valence-corrected chi connectivity index (χ4v) is 3.00. The maximum atomic E-state index is 12.7. The zero-order chi connectivity index (χ0) is 16.2. The molecule has 120 valence electrons. The van der Waals surface area contributed by atoms with Gasteiger partial charge in [-0.3, -0.25) is 9.59 Å². The highest BCUT2D eigenvalue weighted by Crippen LogP contribution is 2.33. The lowest BCUT2D eigenvalue weighted by Gasteiger charge is -2.36. The molecule has 0 spiro atoms. The van der Waals surface area contributed by atoms with Crippen molar-refractivity contribution in [2.75, 3.05) is 20.3 Å². The number of hydrogen-bond acceptors (Lipinski definition) is 5. The second kappa shape index (κ2) is 6.83. The minimum atomic E-state index is -0.690. The minimum Gasteiger partial charge on any atom is -0.382 e. The minimum absolute atomic E-state index is 0.0830. The fraction of sp³-hybridized carbons (Fsp3) is 0.600. The molecule has 0 aromatic carbocycles. The average Bonchev–Trinajstić information content (AvgIpc) is 2.89. The SMILES string of the molecule is CCc1cnc(C(=O)N2CCC[C@]2(COC)CC(N)=O)nc1. The van der Waals surface area contributed by atoms with Crippen molar-refractivity contribution < 1.29 is 14.3 Å². The average molecular weight is 306 g/mol. The van der Waals surface area contributed by atoms with Crippen LogP contribution in [-0.4, -0.2) is 52.5 Å². The molecular formula is C15H22N4O3. The molecule has 1 aliphatic heterocycles. The first kappa shape index (κ1) is 16.4. The van der Waals surface area contributed by atoms with Gasteiger partial charge < -0.3 is 15.4 Å². The summed E-state index contributed by atoms with van der Waals surface area (Å²) in [7, 11) is 1.55. The molecule has 1 aromatic rings. The number of hydrogen-bond donors (Lipinski definition) is 1. The quantitative estimate of drug-likeness (QED) is 0.827. The fourth-order valence-electron chi connectivity index (χ4n) is 3.00. The van der Waals surface area contributed by atoms with Crippen LogP contribution in [0.15, 0.2) is 12.4 Å². The van der Waals surface area contributed by atoms with E-state index in [0.717, 1.165) is 18.4 Å². The van der Waals surface area contributed by atoms with Gasteiger partial charge in [0.05, 0.1) is 18.6 Å². The van der Waals surface area contributed by atoms with E-state index in [4.69, 9.17) is 10.5 Å². The Balaban J connectivity index is 2.26. The summed E-state index contributed by atoms with van der Waals surface area (Å²) in [5.41, 5.74) is 5.64. The summed E-state index contributed by atoms with van der Waals surface area (Å²) in [6.45, 7) is 2.82. The van der Waals surface area contributed by atoms with E-state index in [9.17, 15) is 9.59 Å². The van der Waals surface area contributed by atoms with Crippen LogP contribution in [0.1, 0.15) is 42.4 Å². The van der Waals surface area contributed by atoms with Crippen LogP contribution in [0, 0.1) is 0 Å². The first-order chi connectivity index (χ1) is 10.5. The Bertz CT molecular complexity index is 546. The second-order valence-electron chi connectivity index (χ2n) is 5.63. The highest BCUT2D eigenvalue weighted by Gasteiger charge is 2.45. The summed E-state index contributed by atoms with van der Waals surface area (Å²) in [6, 6.07) is 0. The lowest BCUT2D eigenvalue weighted by molar-refractivity contribution is -0.121. The maximum absolute atomic E-state index is 12.7. The number of nitrogens with zero attached hydrogens (tertiary/aromatic N) is 3. The highest BCUT2D eigenvalue weighted by atomic mass is 16.5. The third-order valence-corrected chi connectivity index (χ3v) is 4.06. The van der Waals surface area contributed by atoms with Crippen LogP contribution in [0.3, 0.4) is 0 Å². The van der Waals surface area contributed by atoms with Crippen molar-refractivity contribution in [3.8, 4) is 0 Å². The molecule has 0 saturated carbocycles. The standard InChI is InChI=1S/C15H22N4O3/c1-3-11-8-17-13(18-9-11)14(21)19-6-4-5-15(19,10-22-2)7-12(16)20/h8-9H,3-7,10H2,1-2H3,(H2,16,20)/t15-/m1/s1. The molecule has 2 amide bonds. The van der Waals surface area contributed by atoms with E-state index in [1.165, 1.54) is 0 Å². The van der Waals surface area contributed by atoms with Crippen molar-refractivity contribution in [3.63, 3.8) is 0 Å². The summed E-state index contributed by atoms with van der Waals surface area (Å²) in [4.78, 5) is 34.1. The molecule has 0 aliphatic carbocycles. The zero-order valence-electron chi connectivity index (χ0n) is 13.0. The van der Waals surface area contributed by atoms with E-state index in [1.54, 1.807) is 24.4 Å². The molecular weight excluding hydrogens is 284 g/mol. The third kappa shape index (κ3) is 3.24. The number of rotatable bonds is 6. The second-order valence-corrected chi connectivity index (χ2v) is 5.63. The Labute approximate surface area is 129 Å². The number of primary amides is 1. The largest absolute Gasteiger partial charge is 0.382 e. The van der Waals surface area contributed by atoms with Crippen LogP contribution in [0.4, 0.5) is 0 Å². The van der Waals surface area contributed by atoms with Crippen molar-refractivity contribution in [2.24, 2.45) is 5.73 Å². The molecule has 22 heavy (non-hydrogen) atoms. The molecule has 1 atom stereocenters. The normalized spacial score (nSPS) is 21.1. The van der Waals surface area contributed by atoms with Crippen LogP contribution in [0.2, 0.25) is 0 Å². The van der Waals surface area contributed by atoms with Gasteiger partial charge in [0.2, 0.25) is 11.7 Å². The molecule has 7 nitrogen and oxygen atoms in total. The Kier molecular flexibility index (Phi) is 5.07. The number of aryl methyl sites for hydroxylation is 1. The van der Waals surface area contributed by atoms with Gasteiger partial charge >= 0.3 is 0 Å². The molecule has 2 rings (SSSR count). The Morgan fingerprint density at radius 1 is 1.41 bits per heavy atom. The molecule has 2 heterocycles. The summed E-state index contributed by atoms with van der Waals surface area (Å²) >= 11 is 0. The Hall–Kier alpha value is -2.02. The predicted octanol–water partition coefficient (Wildman–Crippen LogP) is 0.536. The summed E-state index contributed by atoms with van der Waals surface area (Å²) in [5.74, 6) is -0.582. The number of likely N-dealkylation sites (tertiary alicyclic amines) is 1. The van der Waals surface area contributed by atoms with Crippen LogP contribution in [0.5, 0.6) is 0 Å². The van der Waals surface area contributed by atoms with Crippen LogP contribution < -0.4 is 5.73 Å². The number of carbonyl (C=O) groups excluding carboxylic acids is 2. The molecule has 2 N–H and O–H groups in total. The molecule has 7 heteroatoms. The van der Waals surface area contributed by atoms with Gasteiger partial charge in [0.15, 0.2) is 0 Å². The third-order valence-electron chi connectivity index (χ3n) is 4.06. The van der Waals surface area contributed by atoms with E-state index in [0.29, 0.717) is 13.0 Å². The molecule has 0 unspecified atom stereocenters.